The van der Waals surface area contributed by atoms with Gasteiger partial charge in [0.25, 0.3) is 5.91 Å². The number of nitrogens with zero attached hydrogens (tertiary/aromatic N) is 2. The molecular formula is C28H36N4O4S. The summed E-state index contributed by atoms with van der Waals surface area (Å²) in [7, 11) is 0. The number of hydrogen-bond acceptors (Lipinski definition) is 6. The van der Waals surface area contributed by atoms with Crippen molar-refractivity contribution in [2.45, 2.75) is 63.8 Å². The van der Waals surface area contributed by atoms with Crippen LogP contribution in [0.4, 0.5) is 4.79 Å². The highest BCUT2D eigenvalue weighted by Gasteiger charge is 2.28. The first-order chi connectivity index (χ1) is 18.0. The summed E-state index contributed by atoms with van der Waals surface area (Å²) in [6.45, 7) is 3.98. The molecule has 1 unspecified atom stereocenters. The number of nitrogens with one attached hydrogen (secondary N) is 2. The van der Waals surface area contributed by atoms with Gasteiger partial charge in [-0.2, -0.15) is 0 Å². The molecule has 0 spiro atoms. The number of likely N-dealkylation sites (tertiary alicyclic amines) is 1. The Balaban J connectivity index is 1.27. The second-order valence-electron chi connectivity index (χ2n) is 9.49. The van der Waals surface area contributed by atoms with E-state index in [2.05, 4.69) is 21.7 Å². The predicted octanol–water partition coefficient (Wildman–Crippen LogP) is 4.96. The number of rotatable bonds is 9. The lowest BCUT2D eigenvalue weighted by molar-refractivity contribution is -0.145. The quantitative estimate of drug-likeness (QED) is 0.357. The average molecular weight is 525 g/mol. The molecule has 1 aromatic carbocycles. The van der Waals surface area contributed by atoms with Crippen molar-refractivity contribution in [2.75, 3.05) is 26.2 Å². The van der Waals surface area contributed by atoms with Crippen molar-refractivity contribution in [2.24, 2.45) is 0 Å². The molecule has 1 aliphatic heterocycles. The zero-order valence-electron chi connectivity index (χ0n) is 21.4. The molecule has 2 aromatic rings. The van der Waals surface area contributed by atoms with Crippen molar-refractivity contribution < 1.29 is 19.1 Å². The van der Waals surface area contributed by atoms with Crippen molar-refractivity contribution in [3.05, 3.63) is 63.6 Å². The van der Waals surface area contributed by atoms with Crippen LogP contribution in [0.5, 0.6) is 0 Å². The van der Waals surface area contributed by atoms with E-state index in [1.54, 1.807) is 24.4 Å². The van der Waals surface area contributed by atoms with Gasteiger partial charge in [-0.25, -0.2) is 14.6 Å². The molecule has 3 amide bonds. The first kappa shape index (κ1) is 26.9. The molecule has 1 saturated heterocycles. The van der Waals surface area contributed by atoms with Crippen molar-refractivity contribution in [1.29, 1.82) is 0 Å². The lowest BCUT2D eigenvalue weighted by Crippen LogP contribution is -2.44. The van der Waals surface area contributed by atoms with Gasteiger partial charge in [0, 0.05) is 30.9 Å². The minimum atomic E-state index is -0.894. The Labute approximate surface area is 222 Å². The van der Waals surface area contributed by atoms with Gasteiger partial charge in [0.1, 0.15) is 5.69 Å². The van der Waals surface area contributed by atoms with Crippen LogP contribution in [0.25, 0.3) is 0 Å². The van der Waals surface area contributed by atoms with Gasteiger partial charge in [0.05, 0.1) is 11.6 Å². The van der Waals surface area contributed by atoms with Crippen LogP contribution in [-0.2, 0) is 9.53 Å². The molecule has 2 N–H and O–H groups in total. The third kappa shape index (κ3) is 7.41. The summed E-state index contributed by atoms with van der Waals surface area (Å²) in [5.74, 6) is -0.703. The topological polar surface area (TPSA) is 101 Å². The second kappa shape index (κ2) is 13.4. The smallest absolute Gasteiger partial charge is 0.333 e. The van der Waals surface area contributed by atoms with E-state index in [-0.39, 0.29) is 18.6 Å². The Morgan fingerprint density at radius 2 is 1.95 bits per heavy atom. The predicted molar refractivity (Wildman–Crippen MR) is 144 cm³/mol. The van der Waals surface area contributed by atoms with Crippen LogP contribution in [0.2, 0.25) is 0 Å². The molecule has 2 heterocycles. The molecule has 9 heteroatoms. The molecule has 0 saturated carbocycles. The molecule has 198 valence electrons. The Bertz CT molecular complexity index is 1090. The molecule has 0 radical (unpaired) electrons. The molecule has 8 nitrogen and oxygen atoms in total. The molecule has 0 bridgehead atoms. The van der Waals surface area contributed by atoms with Crippen LogP contribution in [0.1, 0.15) is 84.9 Å². The summed E-state index contributed by atoms with van der Waals surface area (Å²) >= 11 is 1.45. The number of thiazole rings is 1. The highest BCUT2D eigenvalue weighted by Crippen LogP contribution is 2.30. The number of carbonyl (C=O) groups excluding carboxylic acids is 3. The SMILES string of the molecule is CCOC(=O)C(NC(=O)c1csc(C2CCN(C(=O)NCCC3=CCCCC3)CC2)n1)c1ccccc1. The molecule has 2 aliphatic rings. The van der Waals surface area contributed by atoms with E-state index in [9.17, 15) is 14.4 Å². The standard InChI is InChI=1S/C28H36N4O4S/c1-2-36-27(34)24(21-11-7-4-8-12-21)31-25(33)23-19-37-26(30-23)22-14-17-32(18-15-22)28(35)29-16-13-20-9-5-3-6-10-20/h4,7-9,11-12,19,22,24H,2-3,5-6,10,13-18H2,1H3,(H,29,35)(H,31,33). The molecule has 1 aromatic heterocycles. The first-order valence-corrected chi connectivity index (χ1v) is 14.1. The Kier molecular flexibility index (Phi) is 9.71. The number of piperidine rings is 1. The maximum atomic E-state index is 12.9. The van der Waals surface area contributed by atoms with E-state index in [4.69, 9.17) is 4.74 Å². The largest absolute Gasteiger partial charge is 0.464 e. The number of allylic oxidation sites excluding steroid dienone is 1. The number of hydrogen-bond donors (Lipinski definition) is 2. The summed E-state index contributed by atoms with van der Waals surface area (Å²) in [4.78, 5) is 44.5. The number of urea groups is 1. The second-order valence-corrected chi connectivity index (χ2v) is 10.4. The molecule has 1 atom stereocenters. The highest BCUT2D eigenvalue weighted by molar-refractivity contribution is 7.09. The molecular weight excluding hydrogens is 488 g/mol. The minimum absolute atomic E-state index is 0.0000147. The van der Waals surface area contributed by atoms with Crippen LogP contribution in [0, 0.1) is 0 Å². The van der Waals surface area contributed by atoms with E-state index in [0.717, 1.165) is 37.1 Å². The molecule has 1 aliphatic carbocycles. The van der Waals surface area contributed by atoms with Gasteiger partial charge in [0.2, 0.25) is 0 Å². The Hall–Kier alpha value is -3.20. The summed E-state index contributed by atoms with van der Waals surface area (Å²) in [5.41, 5.74) is 2.42. The third-order valence-corrected chi connectivity index (χ3v) is 7.93. The van der Waals surface area contributed by atoms with E-state index in [1.807, 2.05) is 23.1 Å². The van der Waals surface area contributed by atoms with Crippen LogP contribution in [0.15, 0.2) is 47.4 Å². The van der Waals surface area contributed by atoms with E-state index in [1.165, 1.54) is 29.8 Å². The van der Waals surface area contributed by atoms with E-state index >= 15 is 0 Å². The Morgan fingerprint density at radius 3 is 2.65 bits per heavy atom. The minimum Gasteiger partial charge on any atom is -0.464 e. The van der Waals surface area contributed by atoms with E-state index < -0.39 is 17.9 Å². The molecule has 1 fully saturated rings. The number of amides is 3. The fraction of sp³-hybridized carbons (Fsp3) is 0.500. The van der Waals surface area contributed by atoms with Crippen molar-refractivity contribution >= 4 is 29.2 Å². The lowest BCUT2D eigenvalue weighted by atomic mass is 9.97. The first-order valence-electron chi connectivity index (χ1n) is 13.2. The lowest BCUT2D eigenvalue weighted by Gasteiger charge is -2.31. The zero-order valence-corrected chi connectivity index (χ0v) is 22.2. The maximum Gasteiger partial charge on any atom is 0.333 e. The zero-order chi connectivity index (χ0) is 26.0. The Morgan fingerprint density at radius 1 is 1.16 bits per heavy atom. The van der Waals surface area contributed by atoms with Gasteiger partial charge in [-0.1, -0.05) is 42.0 Å². The summed E-state index contributed by atoms with van der Waals surface area (Å²) in [6.07, 6.45) is 9.73. The molecule has 4 rings (SSSR count). The van der Waals surface area contributed by atoms with Gasteiger partial charge >= 0.3 is 12.0 Å². The maximum absolute atomic E-state index is 12.9. The average Bonchev–Trinajstić information content (AvgIpc) is 3.43. The van der Waals surface area contributed by atoms with Crippen LogP contribution in [0.3, 0.4) is 0 Å². The summed E-state index contributed by atoms with van der Waals surface area (Å²) in [5, 5.41) is 8.47. The number of ether oxygens (including phenoxy) is 1. The number of carbonyl (C=O) groups is 3. The van der Waals surface area contributed by atoms with Gasteiger partial charge in [0.15, 0.2) is 6.04 Å². The highest BCUT2D eigenvalue weighted by atomic mass is 32.1. The van der Waals surface area contributed by atoms with Gasteiger partial charge in [-0.3, -0.25) is 4.79 Å². The van der Waals surface area contributed by atoms with Gasteiger partial charge < -0.3 is 20.3 Å². The van der Waals surface area contributed by atoms with E-state index in [0.29, 0.717) is 30.9 Å². The number of aromatic nitrogens is 1. The van der Waals surface area contributed by atoms with Gasteiger partial charge in [-0.05, 0) is 57.4 Å². The van der Waals surface area contributed by atoms with Gasteiger partial charge in [-0.15, -0.1) is 11.3 Å². The van der Waals surface area contributed by atoms with Crippen molar-refractivity contribution in [3.63, 3.8) is 0 Å². The summed E-state index contributed by atoms with van der Waals surface area (Å²) in [6, 6.07) is 8.15. The fourth-order valence-electron chi connectivity index (χ4n) is 4.84. The fourth-order valence-corrected chi connectivity index (χ4v) is 5.81. The van der Waals surface area contributed by atoms with Crippen molar-refractivity contribution in [1.82, 2.24) is 20.5 Å². The molecule has 37 heavy (non-hydrogen) atoms. The normalized spacial score (nSPS) is 17.0. The van der Waals surface area contributed by atoms with Crippen molar-refractivity contribution in [3.8, 4) is 0 Å². The number of benzene rings is 1. The monoisotopic (exact) mass is 524 g/mol. The van der Waals surface area contributed by atoms with Crippen LogP contribution in [-0.4, -0.2) is 54.0 Å². The third-order valence-electron chi connectivity index (χ3n) is 6.92. The number of esters is 1. The van der Waals surface area contributed by atoms with Crippen LogP contribution < -0.4 is 10.6 Å². The van der Waals surface area contributed by atoms with Crippen LogP contribution >= 0.6 is 11.3 Å². The summed E-state index contributed by atoms with van der Waals surface area (Å²) < 4.78 is 5.17.